The second-order valence-corrected chi connectivity index (χ2v) is 5.90. The van der Waals surface area contributed by atoms with Crippen molar-refractivity contribution in [1.82, 2.24) is 4.98 Å². The number of rotatable bonds is 4. The molecule has 2 rings (SSSR count). The van der Waals surface area contributed by atoms with Crippen LogP contribution in [-0.4, -0.2) is 10.8 Å². The van der Waals surface area contributed by atoms with Gasteiger partial charge in [0.1, 0.15) is 5.78 Å². The summed E-state index contributed by atoms with van der Waals surface area (Å²) in [7, 11) is 0. The Labute approximate surface area is 110 Å². The van der Waals surface area contributed by atoms with Gasteiger partial charge >= 0.3 is 0 Å². The molecule has 0 bridgehead atoms. The number of carbonyl (C=O) groups is 1. The van der Waals surface area contributed by atoms with Crippen LogP contribution in [0.25, 0.3) is 0 Å². The summed E-state index contributed by atoms with van der Waals surface area (Å²) < 4.78 is 0. The Hall–Kier alpha value is -1.18. The topological polar surface area (TPSA) is 30.0 Å². The van der Waals surface area contributed by atoms with Crippen molar-refractivity contribution in [3.63, 3.8) is 0 Å². The second kappa shape index (κ2) is 6.12. The van der Waals surface area contributed by atoms with Gasteiger partial charge in [0.15, 0.2) is 0 Å². The van der Waals surface area contributed by atoms with E-state index < -0.39 is 0 Å². The van der Waals surface area contributed by atoms with Crippen LogP contribution in [-0.2, 0) is 11.2 Å². The Balaban J connectivity index is 1.84. The number of Topliss-reactive ketones (excluding diaryl/α,β-unsaturated/α-hetero) is 1. The minimum Gasteiger partial charge on any atom is -0.299 e. The average molecular weight is 245 g/mol. The number of nitrogens with zero attached hydrogens (tertiary/aromatic N) is 1. The summed E-state index contributed by atoms with van der Waals surface area (Å²) in [6.07, 6.45) is 6.70. The van der Waals surface area contributed by atoms with Crippen molar-refractivity contribution < 1.29 is 4.79 Å². The van der Waals surface area contributed by atoms with Crippen LogP contribution >= 0.6 is 0 Å². The zero-order chi connectivity index (χ0) is 13.0. The van der Waals surface area contributed by atoms with Gasteiger partial charge in [0.2, 0.25) is 0 Å². The normalized spacial score (nSPS) is 28.0. The van der Waals surface area contributed by atoms with Gasteiger partial charge in [0.05, 0.1) is 0 Å². The molecule has 1 saturated carbocycles. The molecule has 1 aromatic rings. The smallest absolute Gasteiger partial charge is 0.136 e. The maximum atomic E-state index is 12.2. The maximum Gasteiger partial charge on any atom is 0.136 e. The van der Waals surface area contributed by atoms with Crippen LogP contribution in [0, 0.1) is 17.8 Å². The molecule has 2 unspecified atom stereocenters. The third kappa shape index (κ3) is 3.66. The van der Waals surface area contributed by atoms with E-state index in [-0.39, 0.29) is 0 Å². The first-order valence-electron chi connectivity index (χ1n) is 7.07. The van der Waals surface area contributed by atoms with E-state index in [4.69, 9.17) is 0 Å². The highest BCUT2D eigenvalue weighted by molar-refractivity contribution is 5.81. The van der Waals surface area contributed by atoms with Crippen LogP contribution in [0.2, 0.25) is 0 Å². The minimum absolute atomic E-state index is 0.299. The van der Waals surface area contributed by atoms with E-state index in [2.05, 4.69) is 18.8 Å². The van der Waals surface area contributed by atoms with E-state index in [0.29, 0.717) is 30.0 Å². The third-order valence-electron chi connectivity index (χ3n) is 3.99. The molecule has 1 fully saturated rings. The first kappa shape index (κ1) is 13.3. The van der Waals surface area contributed by atoms with Gasteiger partial charge in [-0.05, 0) is 49.7 Å². The van der Waals surface area contributed by atoms with Crippen molar-refractivity contribution in [1.29, 1.82) is 0 Å². The van der Waals surface area contributed by atoms with Crippen molar-refractivity contribution in [3.8, 4) is 0 Å². The van der Waals surface area contributed by atoms with Crippen LogP contribution in [0.15, 0.2) is 24.4 Å². The summed E-state index contributed by atoms with van der Waals surface area (Å²) in [4.78, 5) is 16.5. The number of ketones is 1. The lowest BCUT2D eigenvalue weighted by atomic mass is 9.74. The molecule has 1 aliphatic rings. The van der Waals surface area contributed by atoms with Crippen LogP contribution in [0.1, 0.15) is 45.2 Å². The molecule has 2 nitrogen and oxygen atoms in total. The van der Waals surface area contributed by atoms with E-state index in [9.17, 15) is 4.79 Å². The molecule has 0 radical (unpaired) electrons. The first-order chi connectivity index (χ1) is 8.65. The van der Waals surface area contributed by atoms with Crippen molar-refractivity contribution in [2.45, 2.75) is 46.0 Å². The van der Waals surface area contributed by atoms with Crippen molar-refractivity contribution >= 4 is 5.78 Å². The van der Waals surface area contributed by atoms with E-state index >= 15 is 0 Å². The second-order valence-electron chi connectivity index (χ2n) is 5.90. The molecular weight excluding hydrogens is 222 g/mol. The van der Waals surface area contributed by atoms with E-state index in [1.807, 2.05) is 18.2 Å². The van der Waals surface area contributed by atoms with Gasteiger partial charge in [0, 0.05) is 24.2 Å². The van der Waals surface area contributed by atoms with Crippen LogP contribution in [0.4, 0.5) is 0 Å². The van der Waals surface area contributed by atoms with Gasteiger partial charge in [-0.15, -0.1) is 0 Å². The highest BCUT2D eigenvalue weighted by Gasteiger charge is 2.28. The standard InChI is InChI=1S/C16H23NO/c1-12-9-13(2)11-14(10-12)16(18)7-6-15-5-3-4-8-17-15/h3-5,8,12-14H,6-7,9-11H2,1-2H3. The molecule has 1 aromatic heterocycles. The van der Waals surface area contributed by atoms with Gasteiger partial charge in [-0.2, -0.15) is 0 Å². The molecule has 18 heavy (non-hydrogen) atoms. The Morgan fingerprint density at radius 1 is 1.22 bits per heavy atom. The SMILES string of the molecule is CC1CC(C)CC(C(=O)CCc2ccccn2)C1. The Bertz CT molecular complexity index is 377. The lowest BCUT2D eigenvalue weighted by Crippen LogP contribution is -2.26. The molecule has 0 N–H and O–H groups in total. The van der Waals surface area contributed by atoms with Gasteiger partial charge in [-0.3, -0.25) is 9.78 Å². The summed E-state index contributed by atoms with van der Waals surface area (Å²) in [5.74, 6) is 2.15. The molecule has 0 amide bonds. The van der Waals surface area contributed by atoms with Gasteiger partial charge in [-0.1, -0.05) is 19.9 Å². The monoisotopic (exact) mass is 245 g/mol. The number of hydrogen-bond acceptors (Lipinski definition) is 2. The fourth-order valence-corrected chi connectivity index (χ4v) is 3.21. The van der Waals surface area contributed by atoms with E-state index in [0.717, 1.165) is 25.0 Å². The fourth-order valence-electron chi connectivity index (χ4n) is 3.21. The summed E-state index contributed by atoms with van der Waals surface area (Å²) in [5, 5.41) is 0. The number of pyridine rings is 1. The quantitative estimate of drug-likeness (QED) is 0.810. The zero-order valence-corrected chi connectivity index (χ0v) is 11.4. The maximum absolute atomic E-state index is 12.2. The molecule has 2 atom stereocenters. The van der Waals surface area contributed by atoms with Crippen LogP contribution in [0.5, 0.6) is 0 Å². The predicted octanol–water partition coefficient (Wildman–Crippen LogP) is 3.66. The summed E-state index contributed by atoms with van der Waals surface area (Å²) >= 11 is 0. The number of aromatic nitrogens is 1. The number of carbonyl (C=O) groups excluding carboxylic acids is 1. The van der Waals surface area contributed by atoms with Gasteiger partial charge < -0.3 is 0 Å². The number of aryl methyl sites for hydroxylation is 1. The average Bonchev–Trinajstić information content (AvgIpc) is 2.36. The third-order valence-corrected chi connectivity index (χ3v) is 3.99. The molecule has 1 heterocycles. The predicted molar refractivity (Wildman–Crippen MR) is 73.2 cm³/mol. The Morgan fingerprint density at radius 3 is 2.56 bits per heavy atom. The first-order valence-corrected chi connectivity index (χ1v) is 7.07. The van der Waals surface area contributed by atoms with E-state index in [1.165, 1.54) is 6.42 Å². The van der Waals surface area contributed by atoms with Crippen molar-refractivity contribution in [2.75, 3.05) is 0 Å². The largest absolute Gasteiger partial charge is 0.299 e. The Morgan fingerprint density at radius 2 is 1.94 bits per heavy atom. The highest BCUT2D eigenvalue weighted by Crippen LogP contribution is 2.33. The summed E-state index contributed by atoms with van der Waals surface area (Å²) in [5.41, 5.74) is 1.03. The minimum atomic E-state index is 0.299. The molecule has 0 aliphatic heterocycles. The summed E-state index contributed by atoms with van der Waals surface area (Å²) in [6.45, 7) is 4.55. The molecule has 0 spiro atoms. The van der Waals surface area contributed by atoms with Crippen LogP contribution < -0.4 is 0 Å². The van der Waals surface area contributed by atoms with Crippen molar-refractivity contribution in [2.24, 2.45) is 17.8 Å². The van der Waals surface area contributed by atoms with Crippen LogP contribution in [0.3, 0.4) is 0 Å². The lowest BCUT2D eigenvalue weighted by Gasteiger charge is -2.30. The summed E-state index contributed by atoms with van der Waals surface area (Å²) in [6, 6.07) is 5.90. The Kier molecular flexibility index (Phi) is 4.51. The molecule has 2 heteroatoms. The van der Waals surface area contributed by atoms with Gasteiger partial charge in [-0.25, -0.2) is 0 Å². The van der Waals surface area contributed by atoms with Crippen molar-refractivity contribution in [3.05, 3.63) is 30.1 Å². The molecule has 98 valence electrons. The van der Waals surface area contributed by atoms with Gasteiger partial charge in [0.25, 0.3) is 0 Å². The zero-order valence-electron chi connectivity index (χ0n) is 11.4. The molecule has 1 aliphatic carbocycles. The number of hydrogen-bond donors (Lipinski definition) is 0. The molecule has 0 saturated heterocycles. The molecule has 0 aromatic carbocycles. The highest BCUT2D eigenvalue weighted by atomic mass is 16.1. The fraction of sp³-hybridized carbons (Fsp3) is 0.625. The molecular formula is C16H23NO. The lowest BCUT2D eigenvalue weighted by molar-refractivity contribution is -0.124. The van der Waals surface area contributed by atoms with E-state index in [1.54, 1.807) is 6.20 Å².